The summed E-state index contributed by atoms with van der Waals surface area (Å²) in [5.74, 6) is 1.07. The van der Waals surface area contributed by atoms with Crippen LogP contribution in [0.25, 0.3) is 0 Å². The lowest BCUT2D eigenvalue weighted by molar-refractivity contribution is -0.135. The van der Waals surface area contributed by atoms with Crippen LogP contribution in [0.2, 0.25) is 0 Å². The normalized spacial score (nSPS) is 19.8. The van der Waals surface area contributed by atoms with Gasteiger partial charge in [-0.3, -0.25) is 4.79 Å². The van der Waals surface area contributed by atoms with Crippen LogP contribution in [0.4, 0.5) is 0 Å². The molecule has 0 bridgehead atoms. The first-order valence-corrected chi connectivity index (χ1v) is 7.45. The molecule has 0 radical (unpaired) electrons. The van der Waals surface area contributed by atoms with E-state index in [9.17, 15) is 4.79 Å². The van der Waals surface area contributed by atoms with Crippen molar-refractivity contribution in [2.45, 2.75) is 11.0 Å². The third-order valence-corrected chi connectivity index (χ3v) is 4.11. The minimum atomic E-state index is -0.0221. The van der Waals surface area contributed by atoms with Crippen molar-refractivity contribution in [1.82, 2.24) is 4.90 Å². The maximum Gasteiger partial charge on any atom is 0.233 e. The number of carbonyl (C=O) groups is 1. The zero-order chi connectivity index (χ0) is 12.8. The van der Waals surface area contributed by atoms with E-state index < -0.39 is 0 Å². The van der Waals surface area contributed by atoms with E-state index in [1.54, 1.807) is 11.8 Å². The van der Waals surface area contributed by atoms with Gasteiger partial charge in [-0.05, 0) is 12.1 Å². The molecule has 0 N–H and O–H groups in total. The quantitative estimate of drug-likeness (QED) is 0.628. The molecule has 0 aromatic heterocycles. The second kappa shape index (κ2) is 7.02. The van der Waals surface area contributed by atoms with Gasteiger partial charge in [-0.2, -0.15) is 0 Å². The Morgan fingerprint density at radius 2 is 2.22 bits per heavy atom. The summed E-state index contributed by atoms with van der Waals surface area (Å²) in [7, 11) is 0. The van der Waals surface area contributed by atoms with E-state index in [1.165, 1.54) is 0 Å². The topological polar surface area (TPSA) is 29.5 Å². The predicted molar refractivity (Wildman–Crippen MR) is 74.2 cm³/mol. The molecule has 1 aromatic carbocycles. The maximum atomic E-state index is 12.0. The lowest BCUT2D eigenvalue weighted by atomic mass is 10.3. The smallest absolute Gasteiger partial charge is 0.233 e. The zero-order valence-corrected chi connectivity index (χ0v) is 11.6. The summed E-state index contributed by atoms with van der Waals surface area (Å²) in [6, 6.07) is 9.95. The number of alkyl halides is 1. The highest BCUT2D eigenvalue weighted by Crippen LogP contribution is 2.18. The largest absolute Gasteiger partial charge is 0.373 e. The first-order valence-electron chi connectivity index (χ1n) is 5.93. The van der Waals surface area contributed by atoms with E-state index in [0.29, 0.717) is 31.3 Å². The van der Waals surface area contributed by atoms with E-state index in [-0.39, 0.29) is 12.0 Å². The van der Waals surface area contributed by atoms with Crippen LogP contribution in [0.3, 0.4) is 0 Å². The van der Waals surface area contributed by atoms with E-state index in [2.05, 4.69) is 0 Å². The van der Waals surface area contributed by atoms with Gasteiger partial charge in [0, 0.05) is 18.0 Å². The molecule has 98 valence electrons. The van der Waals surface area contributed by atoms with Crippen molar-refractivity contribution < 1.29 is 9.53 Å². The number of thioether (sulfide) groups is 1. The van der Waals surface area contributed by atoms with Gasteiger partial charge in [0.25, 0.3) is 0 Å². The van der Waals surface area contributed by atoms with Gasteiger partial charge in [0.15, 0.2) is 0 Å². The summed E-state index contributed by atoms with van der Waals surface area (Å²) in [5.41, 5.74) is 0. The van der Waals surface area contributed by atoms with Crippen LogP contribution in [0, 0.1) is 0 Å². The van der Waals surface area contributed by atoms with Crippen LogP contribution in [0.5, 0.6) is 0 Å². The second-order valence-electron chi connectivity index (χ2n) is 4.09. The third-order valence-electron chi connectivity index (χ3n) is 2.77. The average Bonchev–Trinajstić information content (AvgIpc) is 2.46. The van der Waals surface area contributed by atoms with Crippen molar-refractivity contribution in [3.8, 4) is 0 Å². The number of halogens is 1. The van der Waals surface area contributed by atoms with Crippen molar-refractivity contribution in [1.29, 1.82) is 0 Å². The number of morpholine rings is 1. The van der Waals surface area contributed by atoms with Crippen LogP contribution in [0.15, 0.2) is 35.2 Å². The van der Waals surface area contributed by atoms with Crippen LogP contribution in [-0.2, 0) is 9.53 Å². The van der Waals surface area contributed by atoms with Crippen molar-refractivity contribution in [2.24, 2.45) is 0 Å². The molecular weight excluding hydrogens is 270 g/mol. The van der Waals surface area contributed by atoms with Crippen LogP contribution < -0.4 is 0 Å². The minimum absolute atomic E-state index is 0.0221. The molecule has 3 nitrogen and oxygen atoms in total. The molecule has 2 rings (SSSR count). The third kappa shape index (κ3) is 3.90. The standard InChI is InChI=1S/C13H16ClNO2S/c14-8-11-9-15(6-7-17-11)13(16)10-18-12-4-2-1-3-5-12/h1-5,11H,6-10H2. The van der Waals surface area contributed by atoms with Crippen molar-refractivity contribution in [2.75, 3.05) is 31.3 Å². The Kier molecular flexibility index (Phi) is 5.35. The Bertz CT molecular complexity index is 388. The van der Waals surface area contributed by atoms with E-state index >= 15 is 0 Å². The molecule has 1 heterocycles. The van der Waals surface area contributed by atoms with Gasteiger partial charge in [0.1, 0.15) is 0 Å². The first-order chi connectivity index (χ1) is 8.79. The summed E-state index contributed by atoms with van der Waals surface area (Å²) in [6.45, 7) is 1.86. The number of hydrogen-bond acceptors (Lipinski definition) is 3. The molecule has 1 atom stereocenters. The highest BCUT2D eigenvalue weighted by molar-refractivity contribution is 8.00. The summed E-state index contributed by atoms with van der Waals surface area (Å²) in [4.78, 5) is 15.0. The van der Waals surface area contributed by atoms with E-state index in [1.807, 2.05) is 35.2 Å². The van der Waals surface area contributed by atoms with Gasteiger partial charge in [0.2, 0.25) is 5.91 Å². The number of nitrogens with zero attached hydrogens (tertiary/aromatic N) is 1. The highest BCUT2D eigenvalue weighted by atomic mass is 35.5. The number of carbonyl (C=O) groups excluding carboxylic acids is 1. The van der Waals surface area contributed by atoms with Crippen LogP contribution in [-0.4, -0.2) is 48.2 Å². The van der Waals surface area contributed by atoms with E-state index in [0.717, 1.165) is 4.90 Å². The first kappa shape index (κ1) is 13.7. The summed E-state index contributed by atoms with van der Waals surface area (Å²) >= 11 is 7.32. The molecule has 0 spiro atoms. The fourth-order valence-electron chi connectivity index (χ4n) is 1.79. The summed E-state index contributed by atoms with van der Waals surface area (Å²) in [6.07, 6.45) is -0.0221. The van der Waals surface area contributed by atoms with Crippen molar-refractivity contribution in [3.63, 3.8) is 0 Å². The number of rotatable bonds is 4. The molecule has 1 aromatic rings. The molecule has 1 aliphatic rings. The molecule has 0 aliphatic carbocycles. The lowest BCUT2D eigenvalue weighted by Gasteiger charge is -2.32. The molecule has 1 aliphatic heterocycles. The molecule has 1 fully saturated rings. The Labute approximate surface area is 116 Å². The SMILES string of the molecule is O=C(CSc1ccccc1)N1CCOC(CCl)C1. The molecule has 0 saturated carbocycles. The maximum absolute atomic E-state index is 12.0. The highest BCUT2D eigenvalue weighted by Gasteiger charge is 2.23. The Morgan fingerprint density at radius 3 is 2.94 bits per heavy atom. The predicted octanol–water partition coefficient (Wildman–Crippen LogP) is 2.24. The molecule has 1 unspecified atom stereocenters. The number of amides is 1. The lowest BCUT2D eigenvalue weighted by Crippen LogP contribution is -2.46. The van der Waals surface area contributed by atoms with Crippen LogP contribution >= 0.6 is 23.4 Å². The second-order valence-corrected chi connectivity index (χ2v) is 5.45. The molecule has 5 heteroatoms. The van der Waals surface area contributed by atoms with Gasteiger partial charge in [-0.15, -0.1) is 23.4 Å². The summed E-state index contributed by atoms with van der Waals surface area (Å²) < 4.78 is 5.44. The fraction of sp³-hybridized carbons (Fsp3) is 0.462. The Balaban J connectivity index is 1.81. The molecular formula is C13H16ClNO2S. The van der Waals surface area contributed by atoms with Gasteiger partial charge >= 0.3 is 0 Å². The molecule has 1 amide bonds. The van der Waals surface area contributed by atoms with Gasteiger partial charge in [-0.1, -0.05) is 18.2 Å². The fourth-order valence-corrected chi connectivity index (χ4v) is 2.80. The monoisotopic (exact) mass is 285 g/mol. The van der Waals surface area contributed by atoms with Crippen LogP contribution in [0.1, 0.15) is 0 Å². The average molecular weight is 286 g/mol. The number of benzene rings is 1. The van der Waals surface area contributed by atoms with Gasteiger partial charge in [-0.25, -0.2) is 0 Å². The minimum Gasteiger partial charge on any atom is -0.373 e. The summed E-state index contributed by atoms with van der Waals surface area (Å²) in [5, 5.41) is 0. The van der Waals surface area contributed by atoms with Crippen molar-refractivity contribution in [3.05, 3.63) is 30.3 Å². The number of hydrogen-bond donors (Lipinski definition) is 0. The number of ether oxygens (including phenoxy) is 1. The van der Waals surface area contributed by atoms with E-state index in [4.69, 9.17) is 16.3 Å². The molecule has 18 heavy (non-hydrogen) atoms. The molecule has 1 saturated heterocycles. The zero-order valence-electron chi connectivity index (χ0n) is 10.0. The van der Waals surface area contributed by atoms with Gasteiger partial charge < -0.3 is 9.64 Å². The Hall–Kier alpha value is -0.710. The van der Waals surface area contributed by atoms with Crippen molar-refractivity contribution >= 4 is 29.3 Å². The Morgan fingerprint density at radius 1 is 1.44 bits per heavy atom. The van der Waals surface area contributed by atoms with Gasteiger partial charge in [0.05, 0.1) is 24.3 Å².